The first-order valence-corrected chi connectivity index (χ1v) is 4.38. The van der Waals surface area contributed by atoms with Gasteiger partial charge in [0.25, 0.3) is 0 Å². The zero-order valence-corrected chi connectivity index (χ0v) is 8.28. The Kier molecular flexibility index (Phi) is 2.61. The van der Waals surface area contributed by atoms with Crippen LogP contribution in [0.15, 0.2) is 36.0 Å². The fraction of sp³-hybridized carbons (Fsp3) is 0.455. The Morgan fingerprint density at radius 2 is 2.07 bits per heavy atom. The van der Waals surface area contributed by atoms with Crippen LogP contribution in [0.4, 0.5) is 13.2 Å². The number of alkyl halides is 3. The van der Waals surface area contributed by atoms with E-state index in [0.717, 1.165) is 11.1 Å². The molecule has 0 amide bonds. The molecule has 0 aromatic rings. The van der Waals surface area contributed by atoms with Gasteiger partial charge >= 0.3 is 6.18 Å². The minimum Gasteiger partial charge on any atom is -0.170 e. The molecule has 0 bridgehead atoms. The van der Waals surface area contributed by atoms with Crippen molar-refractivity contribution in [2.45, 2.75) is 26.4 Å². The summed E-state index contributed by atoms with van der Waals surface area (Å²) in [6.45, 7) is 6.68. The van der Waals surface area contributed by atoms with Crippen molar-refractivity contribution < 1.29 is 13.2 Å². The van der Waals surface area contributed by atoms with Crippen LogP contribution in [-0.2, 0) is 0 Å². The molecule has 3 heteroatoms. The first kappa shape index (κ1) is 11.1. The van der Waals surface area contributed by atoms with Gasteiger partial charge in [-0.1, -0.05) is 30.4 Å². The predicted octanol–water partition coefficient (Wildman–Crippen LogP) is 4.02. The molecule has 0 aromatic heterocycles. The summed E-state index contributed by atoms with van der Waals surface area (Å²) in [5.74, 6) is 0. The lowest BCUT2D eigenvalue weighted by molar-refractivity contribution is -0.199. The van der Waals surface area contributed by atoms with E-state index in [0.29, 0.717) is 0 Å². The molecule has 0 spiro atoms. The van der Waals surface area contributed by atoms with Crippen LogP contribution >= 0.6 is 0 Å². The minimum absolute atomic E-state index is 0.00477. The monoisotopic (exact) mass is 202 g/mol. The molecule has 1 rings (SSSR count). The van der Waals surface area contributed by atoms with Crippen LogP contribution in [0.2, 0.25) is 0 Å². The Labute approximate surface area is 81.8 Å². The van der Waals surface area contributed by atoms with Crippen molar-refractivity contribution in [1.82, 2.24) is 0 Å². The smallest absolute Gasteiger partial charge is 0.170 e. The summed E-state index contributed by atoms with van der Waals surface area (Å²) in [7, 11) is 0. The summed E-state index contributed by atoms with van der Waals surface area (Å²) in [4.78, 5) is 0. The summed E-state index contributed by atoms with van der Waals surface area (Å²) >= 11 is 0. The third-order valence-corrected chi connectivity index (χ3v) is 2.52. The lowest BCUT2D eigenvalue weighted by atomic mass is 9.80. The highest BCUT2D eigenvalue weighted by atomic mass is 19.4. The van der Waals surface area contributed by atoms with E-state index < -0.39 is 11.6 Å². The molecule has 0 nitrogen and oxygen atoms in total. The quantitative estimate of drug-likeness (QED) is 0.602. The average Bonchev–Trinajstić information content (AvgIpc) is 2.03. The van der Waals surface area contributed by atoms with Gasteiger partial charge in [-0.05, 0) is 25.8 Å². The molecule has 0 heterocycles. The SMILES string of the molecule is C=C(C)C1=CCC(C)(C(F)(F)F)C=C1. The van der Waals surface area contributed by atoms with Gasteiger partial charge in [0, 0.05) is 0 Å². The predicted molar refractivity (Wildman–Crippen MR) is 50.8 cm³/mol. The highest BCUT2D eigenvalue weighted by molar-refractivity contribution is 5.40. The van der Waals surface area contributed by atoms with Gasteiger partial charge in [-0.15, -0.1) is 0 Å². The third-order valence-electron chi connectivity index (χ3n) is 2.52. The molecule has 1 atom stereocenters. The van der Waals surface area contributed by atoms with Crippen molar-refractivity contribution in [3.8, 4) is 0 Å². The Morgan fingerprint density at radius 3 is 2.36 bits per heavy atom. The topological polar surface area (TPSA) is 0 Å². The standard InChI is InChI=1S/C11H13F3/c1-8(2)9-4-6-10(3,7-5-9)11(12,13)14/h4-6H,1,7H2,2-3H3. The Morgan fingerprint density at radius 1 is 1.50 bits per heavy atom. The molecule has 0 aromatic carbocycles. The van der Waals surface area contributed by atoms with Crippen LogP contribution in [0, 0.1) is 5.41 Å². The first-order chi connectivity index (χ1) is 6.26. The minimum atomic E-state index is -4.18. The maximum Gasteiger partial charge on any atom is 0.397 e. The van der Waals surface area contributed by atoms with Gasteiger partial charge < -0.3 is 0 Å². The Hall–Kier alpha value is -0.990. The van der Waals surface area contributed by atoms with E-state index in [4.69, 9.17) is 0 Å². The summed E-state index contributed by atoms with van der Waals surface area (Å²) in [6.07, 6.45) is 0.127. The highest BCUT2D eigenvalue weighted by Gasteiger charge is 2.49. The van der Waals surface area contributed by atoms with Crippen LogP contribution in [0.5, 0.6) is 0 Å². The lowest BCUT2D eigenvalue weighted by Crippen LogP contribution is -2.33. The van der Waals surface area contributed by atoms with E-state index in [-0.39, 0.29) is 6.42 Å². The molecule has 0 saturated heterocycles. The van der Waals surface area contributed by atoms with Crippen LogP contribution in [0.3, 0.4) is 0 Å². The molecule has 14 heavy (non-hydrogen) atoms. The number of rotatable bonds is 1. The number of hydrogen-bond donors (Lipinski definition) is 0. The zero-order chi connectivity index (χ0) is 11.0. The normalized spacial score (nSPS) is 27.4. The van der Waals surface area contributed by atoms with Crippen molar-refractivity contribution >= 4 is 0 Å². The van der Waals surface area contributed by atoms with E-state index in [9.17, 15) is 13.2 Å². The number of hydrogen-bond acceptors (Lipinski definition) is 0. The second-order valence-corrected chi connectivity index (χ2v) is 3.89. The van der Waals surface area contributed by atoms with Gasteiger partial charge in [0.05, 0.1) is 5.41 Å². The van der Waals surface area contributed by atoms with Crippen molar-refractivity contribution in [1.29, 1.82) is 0 Å². The summed E-state index contributed by atoms with van der Waals surface area (Å²) in [6, 6.07) is 0. The average molecular weight is 202 g/mol. The molecule has 0 saturated carbocycles. The molecule has 1 aliphatic carbocycles. The highest BCUT2D eigenvalue weighted by Crippen LogP contribution is 2.44. The van der Waals surface area contributed by atoms with Crippen molar-refractivity contribution in [3.63, 3.8) is 0 Å². The number of allylic oxidation sites excluding steroid dienone is 5. The van der Waals surface area contributed by atoms with Crippen molar-refractivity contribution in [3.05, 3.63) is 36.0 Å². The van der Waals surface area contributed by atoms with Crippen molar-refractivity contribution in [2.75, 3.05) is 0 Å². The van der Waals surface area contributed by atoms with Gasteiger partial charge in [0.2, 0.25) is 0 Å². The van der Waals surface area contributed by atoms with Crippen LogP contribution < -0.4 is 0 Å². The summed E-state index contributed by atoms with van der Waals surface area (Å²) in [5.41, 5.74) is -0.122. The van der Waals surface area contributed by atoms with Crippen LogP contribution in [0.25, 0.3) is 0 Å². The molecule has 0 aliphatic heterocycles. The van der Waals surface area contributed by atoms with Crippen LogP contribution in [-0.4, -0.2) is 6.18 Å². The van der Waals surface area contributed by atoms with E-state index in [1.165, 1.54) is 19.1 Å². The molecular weight excluding hydrogens is 189 g/mol. The van der Waals surface area contributed by atoms with Gasteiger partial charge in [0.15, 0.2) is 0 Å². The van der Waals surface area contributed by atoms with E-state index >= 15 is 0 Å². The molecule has 0 radical (unpaired) electrons. The fourth-order valence-electron chi connectivity index (χ4n) is 1.26. The fourth-order valence-corrected chi connectivity index (χ4v) is 1.26. The third kappa shape index (κ3) is 1.91. The second-order valence-electron chi connectivity index (χ2n) is 3.89. The first-order valence-electron chi connectivity index (χ1n) is 4.38. The van der Waals surface area contributed by atoms with Gasteiger partial charge in [-0.2, -0.15) is 13.2 Å². The maximum absolute atomic E-state index is 12.6. The molecule has 78 valence electrons. The molecule has 0 fully saturated rings. The largest absolute Gasteiger partial charge is 0.397 e. The van der Waals surface area contributed by atoms with Gasteiger partial charge in [-0.25, -0.2) is 0 Å². The van der Waals surface area contributed by atoms with Crippen LogP contribution in [0.1, 0.15) is 20.3 Å². The van der Waals surface area contributed by atoms with Gasteiger partial charge in [0.1, 0.15) is 0 Å². The molecular formula is C11H13F3. The Bertz CT molecular complexity index is 307. The van der Waals surface area contributed by atoms with Gasteiger partial charge in [-0.3, -0.25) is 0 Å². The summed E-state index contributed by atoms with van der Waals surface area (Å²) in [5, 5.41) is 0. The number of halogens is 3. The van der Waals surface area contributed by atoms with Crippen molar-refractivity contribution in [2.24, 2.45) is 5.41 Å². The molecule has 1 aliphatic rings. The molecule has 0 N–H and O–H groups in total. The lowest BCUT2D eigenvalue weighted by Gasteiger charge is -2.30. The molecule has 1 unspecified atom stereocenters. The zero-order valence-electron chi connectivity index (χ0n) is 8.28. The maximum atomic E-state index is 12.6. The van der Waals surface area contributed by atoms with E-state index in [2.05, 4.69) is 6.58 Å². The van der Waals surface area contributed by atoms with E-state index in [1.807, 2.05) is 0 Å². The summed E-state index contributed by atoms with van der Waals surface area (Å²) < 4.78 is 37.7. The second kappa shape index (κ2) is 3.30. The Balaban J connectivity index is 2.88. The van der Waals surface area contributed by atoms with E-state index in [1.54, 1.807) is 13.0 Å².